The molecule has 1 aliphatic heterocycles. The third-order valence-electron chi connectivity index (χ3n) is 6.17. The fourth-order valence-corrected chi connectivity index (χ4v) is 4.73. The second kappa shape index (κ2) is 9.17. The summed E-state index contributed by atoms with van der Waals surface area (Å²) < 4.78 is 10.2. The number of rotatable bonds is 5. The molecule has 1 saturated heterocycles. The lowest BCUT2D eigenvalue weighted by atomic mass is 9.94. The number of fused-ring (bicyclic) bond motifs is 1. The molecule has 10 heteroatoms. The zero-order valence-corrected chi connectivity index (χ0v) is 19.7. The maximum Gasteiger partial charge on any atom is 0.331 e. The van der Waals surface area contributed by atoms with Gasteiger partial charge in [0.25, 0.3) is 5.56 Å². The van der Waals surface area contributed by atoms with Gasteiger partial charge in [0.05, 0.1) is 30.5 Å². The van der Waals surface area contributed by atoms with Crippen molar-refractivity contribution in [3.05, 3.63) is 85.5 Å². The lowest BCUT2D eigenvalue weighted by Crippen LogP contribution is -2.39. The zero-order valence-electron chi connectivity index (χ0n) is 19.0. The predicted octanol–water partition coefficient (Wildman–Crippen LogP) is 1.80. The van der Waals surface area contributed by atoms with Crippen LogP contribution < -0.4 is 16.6 Å². The van der Waals surface area contributed by atoms with Crippen LogP contribution in [0, 0.1) is 6.92 Å². The molecule has 0 aliphatic carbocycles. The first-order valence-corrected chi connectivity index (χ1v) is 11.5. The second-order valence-corrected chi connectivity index (χ2v) is 9.01. The average molecular weight is 481 g/mol. The summed E-state index contributed by atoms with van der Waals surface area (Å²) in [5.41, 5.74) is 4.66. The van der Waals surface area contributed by atoms with Gasteiger partial charge in [-0.25, -0.2) is 14.3 Å². The van der Waals surface area contributed by atoms with E-state index in [1.807, 2.05) is 31.3 Å². The van der Waals surface area contributed by atoms with Crippen LogP contribution in [0.1, 0.15) is 16.7 Å². The van der Waals surface area contributed by atoms with Crippen LogP contribution in [0.2, 0.25) is 5.02 Å². The van der Waals surface area contributed by atoms with Gasteiger partial charge in [0, 0.05) is 55.6 Å². The number of benzene rings is 1. The summed E-state index contributed by atoms with van der Waals surface area (Å²) >= 11 is 6.46. The minimum atomic E-state index is -0.372. The molecule has 0 saturated carbocycles. The molecule has 1 N–H and O–H groups in total. The monoisotopic (exact) mass is 480 g/mol. The first kappa shape index (κ1) is 22.5. The number of halogens is 1. The molecule has 0 radical (unpaired) electrons. The van der Waals surface area contributed by atoms with E-state index in [1.165, 1.54) is 27.7 Å². The lowest BCUT2D eigenvalue weighted by molar-refractivity contribution is 0.0292. The van der Waals surface area contributed by atoms with Crippen molar-refractivity contribution < 1.29 is 4.74 Å². The molecule has 4 aromatic rings. The van der Waals surface area contributed by atoms with Crippen molar-refractivity contribution in [3.8, 4) is 11.3 Å². The summed E-state index contributed by atoms with van der Waals surface area (Å²) in [5, 5.41) is 8.35. The Morgan fingerprint density at radius 3 is 2.91 bits per heavy atom. The van der Waals surface area contributed by atoms with E-state index in [0.717, 1.165) is 53.0 Å². The van der Waals surface area contributed by atoms with Crippen molar-refractivity contribution in [2.45, 2.75) is 26.0 Å². The maximum atomic E-state index is 12.5. The largest absolute Gasteiger partial charge is 0.375 e. The quantitative estimate of drug-likeness (QED) is 0.468. The Bertz CT molecular complexity index is 1480. The second-order valence-electron chi connectivity index (χ2n) is 8.57. The predicted molar refractivity (Wildman–Crippen MR) is 130 cm³/mol. The topological polar surface area (TPSA) is 95.5 Å². The Labute approximate surface area is 200 Å². The van der Waals surface area contributed by atoms with E-state index >= 15 is 0 Å². The summed E-state index contributed by atoms with van der Waals surface area (Å²) in [6, 6.07) is 7.17. The van der Waals surface area contributed by atoms with Crippen LogP contribution >= 0.6 is 11.6 Å². The lowest BCUT2D eigenvalue weighted by Gasteiger charge is -2.25. The Morgan fingerprint density at radius 2 is 2.12 bits per heavy atom. The summed E-state index contributed by atoms with van der Waals surface area (Å²) in [6.45, 7) is 4.51. The third-order valence-corrected chi connectivity index (χ3v) is 6.39. The number of hydrogen-bond acceptors (Lipinski definition) is 6. The smallest absolute Gasteiger partial charge is 0.331 e. The van der Waals surface area contributed by atoms with E-state index in [9.17, 15) is 9.59 Å². The van der Waals surface area contributed by atoms with Gasteiger partial charge in [-0.1, -0.05) is 11.6 Å². The molecule has 5 rings (SSSR count). The molecular weight excluding hydrogens is 456 g/mol. The van der Waals surface area contributed by atoms with Gasteiger partial charge in [-0.2, -0.15) is 5.10 Å². The van der Waals surface area contributed by atoms with Crippen LogP contribution in [0.3, 0.4) is 0 Å². The molecule has 176 valence electrons. The van der Waals surface area contributed by atoms with E-state index in [0.29, 0.717) is 11.6 Å². The normalized spacial score (nSPS) is 16.3. The van der Waals surface area contributed by atoms with Gasteiger partial charge in [-0.3, -0.25) is 9.36 Å². The van der Waals surface area contributed by atoms with Gasteiger partial charge in [0.1, 0.15) is 6.33 Å². The maximum absolute atomic E-state index is 12.5. The highest BCUT2D eigenvalue weighted by atomic mass is 35.5. The number of hydrogen-bond donors (Lipinski definition) is 1. The molecule has 1 atom stereocenters. The molecule has 4 heterocycles. The third kappa shape index (κ3) is 4.29. The van der Waals surface area contributed by atoms with Crippen LogP contribution in [0.4, 0.5) is 0 Å². The van der Waals surface area contributed by atoms with E-state index < -0.39 is 0 Å². The highest BCUT2D eigenvalue weighted by Gasteiger charge is 2.21. The zero-order chi connectivity index (χ0) is 23.8. The number of aryl methyl sites for hydroxylation is 2. The number of morpholine rings is 1. The molecule has 1 aromatic carbocycles. The summed E-state index contributed by atoms with van der Waals surface area (Å²) in [6.07, 6.45) is 5.57. The van der Waals surface area contributed by atoms with Crippen molar-refractivity contribution in [1.29, 1.82) is 0 Å². The minimum Gasteiger partial charge on any atom is -0.375 e. The van der Waals surface area contributed by atoms with Gasteiger partial charge >= 0.3 is 5.69 Å². The Morgan fingerprint density at radius 1 is 1.26 bits per heavy atom. The molecule has 0 unspecified atom stereocenters. The van der Waals surface area contributed by atoms with E-state index in [4.69, 9.17) is 16.3 Å². The van der Waals surface area contributed by atoms with Crippen molar-refractivity contribution >= 4 is 17.1 Å². The average Bonchev–Trinajstić information content (AvgIpc) is 3.24. The molecule has 3 aromatic heterocycles. The summed E-state index contributed by atoms with van der Waals surface area (Å²) in [5.74, 6) is 0. The van der Waals surface area contributed by atoms with Crippen LogP contribution in [0.25, 0.3) is 16.8 Å². The van der Waals surface area contributed by atoms with Crippen molar-refractivity contribution in [2.24, 2.45) is 7.05 Å². The summed E-state index contributed by atoms with van der Waals surface area (Å²) in [7, 11) is 1.62. The molecule has 0 amide bonds. The number of ether oxygens (including phenoxy) is 1. The van der Waals surface area contributed by atoms with Gasteiger partial charge < -0.3 is 14.6 Å². The molecular formula is C24H25ClN6O3. The molecule has 1 aliphatic rings. The van der Waals surface area contributed by atoms with Crippen molar-refractivity contribution in [2.75, 3.05) is 19.7 Å². The van der Waals surface area contributed by atoms with E-state index in [2.05, 4.69) is 15.4 Å². The van der Waals surface area contributed by atoms with Crippen LogP contribution in [-0.2, 0) is 24.8 Å². The van der Waals surface area contributed by atoms with Crippen LogP contribution in [-0.4, -0.2) is 49.5 Å². The van der Waals surface area contributed by atoms with Crippen LogP contribution in [0.15, 0.2) is 52.6 Å². The highest BCUT2D eigenvalue weighted by Crippen LogP contribution is 2.33. The van der Waals surface area contributed by atoms with Gasteiger partial charge in [-0.05, 0) is 41.8 Å². The van der Waals surface area contributed by atoms with Crippen molar-refractivity contribution in [3.63, 3.8) is 0 Å². The van der Waals surface area contributed by atoms with E-state index in [-0.39, 0.29) is 23.9 Å². The Balaban J connectivity index is 1.59. The number of nitrogens with one attached hydrogen (secondary N) is 1. The fraction of sp³-hybridized carbons (Fsp3) is 0.333. The number of aromatic nitrogens is 5. The molecule has 0 bridgehead atoms. The molecule has 1 fully saturated rings. The fourth-order valence-electron chi connectivity index (χ4n) is 4.45. The first-order valence-electron chi connectivity index (χ1n) is 11.1. The van der Waals surface area contributed by atoms with Crippen molar-refractivity contribution in [1.82, 2.24) is 29.0 Å². The van der Waals surface area contributed by atoms with E-state index in [1.54, 1.807) is 11.6 Å². The Kier molecular flexibility index (Phi) is 6.07. The standard InChI is InChI=1S/C24H25ClN6O3/c1-15-7-17(25)9-20(19(15)10-18-11-26-4-6-34-18)23-21-8-16(13-31(21)28-14-27-23)12-30-22(32)3-5-29(2)24(30)33/h3,5,7-9,13-14,18,26H,4,6,10-12H2,1-2H3/t18-/m1/s1. The summed E-state index contributed by atoms with van der Waals surface area (Å²) in [4.78, 5) is 29.4. The van der Waals surface area contributed by atoms with Gasteiger partial charge in [-0.15, -0.1) is 0 Å². The molecule has 0 spiro atoms. The van der Waals surface area contributed by atoms with Crippen LogP contribution in [0.5, 0.6) is 0 Å². The first-order chi connectivity index (χ1) is 16.4. The Hall–Kier alpha value is -3.27. The number of nitrogens with zero attached hydrogens (tertiary/aromatic N) is 5. The minimum absolute atomic E-state index is 0.0637. The SMILES string of the molecule is Cc1cc(Cl)cc(-c2ncnn3cc(Cn4c(=O)ccn(C)c4=O)cc23)c1C[C@@H]1CNCCO1. The molecule has 34 heavy (non-hydrogen) atoms. The van der Waals surface area contributed by atoms with Gasteiger partial charge in [0.2, 0.25) is 0 Å². The highest BCUT2D eigenvalue weighted by molar-refractivity contribution is 6.31. The molecule has 9 nitrogen and oxygen atoms in total. The van der Waals surface area contributed by atoms with Gasteiger partial charge in [0.15, 0.2) is 0 Å².